The molecule has 0 bridgehead atoms. The Labute approximate surface area is 204 Å². The molecule has 0 atom stereocenters. The molecule has 0 saturated heterocycles. The van der Waals surface area contributed by atoms with E-state index in [0.717, 1.165) is 16.5 Å². The van der Waals surface area contributed by atoms with Crippen LogP contribution in [0.5, 0.6) is 0 Å². The maximum Gasteiger partial charge on any atom is 0.419 e. The third-order valence-corrected chi connectivity index (χ3v) is 5.89. The minimum absolute atomic E-state index is 0.206. The number of nitrogens with zero attached hydrogens (tertiary/aromatic N) is 1. The number of hydrogen-bond acceptors (Lipinski definition) is 5. The molecule has 0 aliphatic carbocycles. The van der Waals surface area contributed by atoms with Crippen LogP contribution in [-0.4, -0.2) is 34.3 Å². The molecule has 2 aromatic carbocycles. The zero-order valence-electron chi connectivity index (χ0n) is 20.2. The van der Waals surface area contributed by atoms with E-state index in [1.807, 2.05) is 58.9 Å². The average Bonchev–Trinajstić information content (AvgIpc) is 3.27. The summed E-state index contributed by atoms with van der Waals surface area (Å²) in [5, 5.41) is 7.59. The molecule has 0 radical (unpaired) electrons. The molecule has 0 fully saturated rings. The standard InChI is InChI=1S/C26H31ClN4O3/c1-25(2,3)34-24(33)31-20-9-6-15(12-29-14-26(4,5)28)10-16(20)11-21(31)17-7-8-19(27)18-13-30-23(32)22(17)18/h6-11,29H,12-14,28H2,1-5H3,(H,30,32). The number of ether oxygens (including phenoxy) is 1. The highest BCUT2D eigenvalue weighted by Crippen LogP contribution is 2.37. The van der Waals surface area contributed by atoms with E-state index in [9.17, 15) is 9.59 Å². The summed E-state index contributed by atoms with van der Waals surface area (Å²) < 4.78 is 7.26. The Hall–Kier alpha value is -2.87. The van der Waals surface area contributed by atoms with Crippen molar-refractivity contribution in [3.8, 4) is 11.3 Å². The number of carbonyl (C=O) groups excluding carboxylic acids is 2. The summed E-state index contributed by atoms with van der Waals surface area (Å²) in [4.78, 5) is 26.0. The van der Waals surface area contributed by atoms with E-state index in [0.29, 0.717) is 47.0 Å². The van der Waals surface area contributed by atoms with Gasteiger partial charge in [-0.15, -0.1) is 0 Å². The SMILES string of the molecule is CC(C)(N)CNCc1ccc2c(c1)cc(-c1ccc(Cl)c3c1C(=O)NC3)n2C(=O)OC(C)(C)C. The quantitative estimate of drug-likeness (QED) is 0.484. The number of nitrogens with two attached hydrogens (primary N) is 1. The fraction of sp³-hybridized carbons (Fsp3) is 0.385. The fourth-order valence-corrected chi connectivity index (χ4v) is 4.36. The van der Waals surface area contributed by atoms with Crippen LogP contribution in [0.3, 0.4) is 0 Å². The first-order valence-corrected chi connectivity index (χ1v) is 11.7. The van der Waals surface area contributed by atoms with Crippen molar-refractivity contribution in [2.45, 2.75) is 58.8 Å². The van der Waals surface area contributed by atoms with E-state index in [4.69, 9.17) is 22.1 Å². The van der Waals surface area contributed by atoms with Crippen molar-refractivity contribution >= 4 is 34.5 Å². The highest BCUT2D eigenvalue weighted by molar-refractivity contribution is 6.32. The molecule has 1 aromatic heterocycles. The van der Waals surface area contributed by atoms with Crippen molar-refractivity contribution in [3.63, 3.8) is 0 Å². The van der Waals surface area contributed by atoms with Crippen molar-refractivity contribution in [2.75, 3.05) is 6.54 Å². The first-order valence-electron chi connectivity index (χ1n) is 11.3. The van der Waals surface area contributed by atoms with Crippen LogP contribution < -0.4 is 16.4 Å². The van der Waals surface area contributed by atoms with Gasteiger partial charge in [-0.3, -0.25) is 4.79 Å². The second-order valence-electron chi connectivity index (χ2n) is 10.5. The number of fused-ring (bicyclic) bond motifs is 2. The molecular weight excluding hydrogens is 452 g/mol. The molecule has 1 aliphatic heterocycles. The highest BCUT2D eigenvalue weighted by Gasteiger charge is 2.29. The third-order valence-electron chi connectivity index (χ3n) is 5.54. The molecule has 1 aliphatic rings. The Morgan fingerprint density at radius 2 is 1.91 bits per heavy atom. The van der Waals surface area contributed by atoms with Gasteiger partial charge < -0.3 is 21.1 Å². The van der Waals surface area contributed by atoms with E-state index in [-0.39, 0.29) is 11.4 Å². The van der Waals surface area contributed by atoms with Gasteiger partial charge in [-0.05, 0) is 64.4 Å². The van der Waals surface area contributed by atoms with Gasteiger partial charge in [0.15, 0.2) is 0 Å². The smallest absolute Gasteiger partial charge is 0.419 e. The van der Waals surface area contributed by atoms with Crippen LogP contribution in [0.25, 0.3) is 22.2 Å². The lowest BCUT2D eigenvalue weighted by Gasteiger charge is -2.21. The van der Waals surface area contributed by atoms with Crippen LogP contribution in [0.4, 0.5) is 4.79 Å². The molecule has 0 saturated carbocycles. The Morgan fingerprint density at radius 3 is 2.59 bits per heavy atom. The molecule has 3 aromatic rings. The van der Waals surface area contributed by atoms with Crippen LogP contribution in [0.15, 0.2) is 36.4 Å². The van der Waals surface area contributed by atoms with E-state index in [1.165, 1.54) is 4.57 Å². The second kappa shape index (κ2) is 8.73. The summed E-state index contributed by atoms with van der Waals surface area (Å²) in [7, 11) is 0. The van der Waals surface area contributed by atoms with Crippen LogP contribution in [0, 0.1) is 0 Å². The topological polar surface area (TPSA) is 98.4 Å². The maximum atomic E-state index is 13.3. The molecular formula is C26H31ClN4O3. The van der Waals surface area contributed by atoms with Crippen molar-refractivity contribution < 1.29 is 14.3 Å². The van der Waals surface area contributed by atoms with E-state index < -0.39 is 11.7 Å². The van der Waals surface area contributed by atoms with Crippen LogP contribution >= 0.6 is 11.6 Å². The molecule has 2 heterocycles. The van der Waals surface area contributed by atoms with Gasteiger partial charge in [0.1, 0.15) is 5.60 Å². The van der Waals surface area contributed by atoms with Gasteiger partial charge in [-0.25, -0.2) is 9.36 Å². The lowest BCUT2D eigenvalue weighted by Crippen LogP contribution is -2.42. The zero-order valence-corrected chi connectivity index (χ0v) is 21.0. The van der Waals surface area contributed by atoms with E-state index in [2.05, 4.69) is 10.6 Å². The maximum absolute atomic E-state index is 13.3. The Kier molecular flexibility index (Phi) is 6.23. The Morgan fingerprint density at radius 1 is 1.18 bits per heavy atom. The van der Waals surface area contributed by atoms with Crippen molar-refractivity contribution in [1.29, 1.82) is 0 Å². The van der Waals surface area contributed by atoms with Crippen molar-refractivity contribution in [1.82, 2.24) is 15.2 Å². The zero-order chi connectivity index (χ0) is 24.8. The third kappa shape index (κ3) is 4.97. The van der Waals surface area contributed by atoms with Gasteiger partial charge in [0, 0.05) is 46.7 Å². The molecule has 0 unspecified atom stereocenters. The van der Waals surface area contributed by atoms with Crippen LogP contribution in [0.1, 0.15) is 56.1 Å². The minimum Gasteiger partial charge on any atom is -0.443 e. The van der Waals surface area contributed by atoms with Gasteiger partial charge in [0.25, 0.3) is 5.91 Å². The lowest BCUT2D eigenvalue weighted by molar-refractivity contribution is 0.0547. The highest BCUT2D eigenvalue weighted by atomic mass is 35.5. The molecule has 180 valence electrons. The second-order valence-corrected chi connectivity index (χ2v) is 10.9. The number of aromatic nitrogens is 1. The van der Waals surface area contributed by atoms with E-state index in [1.54, 1.807) is 12.1 Å². The molecule has 0 spiro atoms. The number of hydrogen-bond donors (Lipinski definition) is 3. The number of carbonyl (C=O) groups is 2. The van der Waals surface area contributed by atoms with Crippen molar-refractivity contribution in [3.05, 3.63) is 58.1 Å². The normalized spacial score (nSPS) is 13.8. The first kappa shape index (κ1) is 24.3. The number of rotatable bonds is 5. The molecule has 7 nitrogen and oxygen atoms in total. The molecule has 34 heavy (non-hydrogen) atoms. The van der Waals surface area contributed by atoms with Gasteiger partial charge in [0.2, 0.25) is 0 Å². The Bertz CT molecular complexity index is 1280. The number of benzene rings is 2. The average molecular weight is 483 g/mol. The number of nitrogens with one attached hydrogen (secondary N) is 2. The van der Waals surface area contributed by atoms with Gasteiger partial charge in [-0.1, -0.05) is 23.7 Å². The summed E-state index contributed by atoms with van der Waals surface area (Å²) in [5.74, 6) is -0.206. The fourth-order valence-electron chi connectivity index (χ4n) is 4.13. The van der Waals surface area contributed by atoms with Gasteiger partial charge in [0.05, 0.1) is 16.8 Å². The van der Waals surface area contributed by atoms with Crippen LogP contribution in [-0.2, 0) is 17.8 Å². The summed E-state index contributed by atoms with van der Waals surface area (Å²) in [6.07, 6.45) is -0.504. The molecule has 8 heteroatoms. The van der Waals surface area contributed by atoms with Gasteiger partial charge >= 0.3 is 6.09 Å². The van der Waals surface area contributed by atoms with Crippen LogP contribution in [0.2, 0.25) is 5.02 Å². The first-order chi connectivity index (χ1) is 15.8. The number of halogens is 1. The number of amides is 1. The molecule has 1 amide bonds. The molecule has 4 rings (SSSR count). The Balaban J connectivity index is 1.84. The minimum atomic E-state index is -0.677. The van der Waals surface area contributed by atoms with Gasteiger partial charge in [-0.2, -0.15) is 0 Å². The lowest BCUT2D eigenvalue weighted by atomic mass is 10.00. The predicted octanol–water partition coefficient (Wildman–Crippen LogP) is 4.82. The summed E-state index contributed by atoms with van der Waals surface area (Å²) in [5.41, 5.74) is 9.29. The predicted molar refractivity (Wildman–Crippen MR) is 135 cm³/mol. The monoisotopic (exact) mass is 482 g/mol. The van der Waals surface area contributed by atoms with E-state index >= 15 is 0 Å². The van der Waals surface area contributed by atoms with Crippen molar-refractivity contribution in [2.24, 2.45) is 5.73 Å². The largest absolute Gasteiger partial charge is 0.443 e. The summed E-state index contributed by atoms with van der Waals surface area (Å²) in [6.45, 7) is 11.1. The summed E-state index contributed by atoms with van der Waals surface area (Å²) in [6, 6.07) is 11.4. The molecule has 4 N–H and O–H groups in total. The summed E-state index contributed by atoms with van der Waals surface area (Å²) >= 11 is 6.36.